The zero-order chi connectivity index (χ0) is 13.4. The van der Waals surface area contributed by atoms with Crippen molar-refractivity contribution in [2.24, 2.45) is 0 Å². The van der Waals surface area contributed by atoms with Gasteiger partial charge in [0, 0.05) is 0 Å². The van der Waals surface area contributed by atoms with Crippen LogP contribution in [0.15, 0.2) is 60.7 Å². The molecule has 2 aromatic carbocycles. The van der Waals surface area contributed by atoms with Gasteiger partial charge in [0.05, 0.1) is 11.9 Å². The second-order valence-corrected chi connectivity index (χ2v) is 3.31. The fourth-order valence-corrected chi connectivity index (χ4v) is 1.15. The van der Waals surface area contributed by atoms with Crippen molar-refractivity contribution in [1.82, 2.24) is 12.3 Å². The molecule has 9 heteroatoms. The maximum absolute atomic E-state index is 10.1. The normalized spacial score (nSPS) is 6.96. The molecule has 130 valence electrons. The fraction of sp³-hybridized carbons (Fsp3) is 0. The van der Waals surface area contributed by atoms with Crippen LogP contribution in [0.1, 0.15) is 20.7 Å². The summed E-state index contributed by atoms with van der Waals surface area (Å²) in [6.45, 7) is 0. The van der Waals surface area contributed by atoms with Gasteiger partial charge in [0.1, 0.15) is 0 Å². The Kier molecular flexibility index (Phi) is 26.9. The van der Waals surface area contributed by atoms with E-state index in [0.29, 0.717) is 0 Å². The van der Waals surface area contributed by atoms with Crippen molar-refractivity contribution in [3.63, 3.8) is 0 Å². The quantitative estimate of drug-likeness (QED) is 0.387. The van der Waals surface area contributed by atoms with Crippen molar-refractivity contribution in [2.75, 3.05) is 0 Å². The van der Waals surface area contributed by atoms with E-state index in [9.17, 15) is 19.8 Å². The van der Waals surface area contributed by atoms with Crippen molar-refractivity contribution in [3.8, 4) is 0 Å². The van der Waals surface area contributed by atoms with Crippen molar-refractivity contribution < 1.29 is 65.7 Å². The molecule has 0 fully saturated rings. The van der Waals surface area contributed by atoms with E-state index in [2.05, 4.69) is 0 Å². The van der Waals surface area contributed by atoms with Crippen molar-refractivity contribution in [3.05, 3.63) is 71.8 Å². The summed E-state index contributed by atoms with van der Waals surface area (Å²) < 4.78 is 0. The van der Waals surface area contributed by atoms with Gasteiger partial charge < -0.3 is 56.9 Å². The van der Waals surface area contributed by atoms with Crippen LogP contribution in [0.2, 0.25) is 0 Å². The van der Waals surface area contributed by atoms with Gasteiger partial charge in [-0.15, -0.1) is 0 Å². The molecule has 0 heterocycles. The molecule has 6 N–H and O–H groups in total. The van der Waals surface area contributed by atoms with Crippen LogP contribution < -0.4 is 47.3 Å². The molecule has 0 aromatic heterocycles. The van der Waals surface area contributed by atoms with Crippen LogP contribution in [0.4, 0.5) is 0 Å². The summed E-state index contributed by atoms with van der Waals surface area (Å²) >= 11 is 0. The number of rotatable bonds is 2. The summed E-state index contributed by atoms with van der Waals surface area (Å²) in [4.78, 5) is 20.2. The van der Waals surface area contributed by atoms with Crippen molar-refractivity contribution in [2.45, 2.75) is 0 Å². The summed E-state index contributed by atoms with van der Waals surface area (Å²) in [5, 5.41) is 20.2. The average Bonchev–Trinajstić information content (AvgIpc) is 2.41. The molecule has 2 rings (SSSR count). The molecule has 2 aromatic rings. The first-order valence-corrected chi connectivity index (χ1v) is 5.14. The molecule has 0 bridgehead atoms. The number of hydrogen-bond donors (Lipinski definition) is 2. The van der Waals surface area contributed by atoms with Gasteiger partial charge in [-0.2, -0.15) is 0 Å². The van der Waals surface area contributed by atoms with Gasteiger partial charge in [-0.25, -0.2) is 0 Å². The molecule has 0 aliphatic rings. The van der Waals surface area contributed by atoms with Crippen LogP contribution in [0, 0.1) is 0 Å². The molecule has 0 saturated carbocycles. The maximum Gasteiger partial charge on any atom is 4.00 e. The van der Waals surface area contributed by atoms with Crippen molar-refractivity contribution in [1.29, 1.82) is 0 Å². The molecular formula is C14H16Cl2N2O4Pt. The molecule has 0 aliphatic heterocycles. The van der Waals surface area contributed by atoms with Crippen LogP contribution in [0.25, 0.3) is 0 Å². The van der Waals surface area contributed by atoms with Gasteiger partial charge in [0.15, 0.2) is 0 Å². The summed E-state index contributed by atoms with van der Waals surface area (Å²) in [5.41, 5.74) is 0.440. The number of benzene rings is 2. The van der Waals surface area contributed by atoms with Gasteiger partial charge in [-0.3, -0.25) is 0 Å². The summed E-state index contributed by atoms with van der Waals surface area (Å²) in [5.74, 6) is -2.26. The Morgan fingerprint density at radius 3 is 0.957 bits per heavy atom. The monoisotopic (exact) mass is 541 g/mol. The molecule has 23 heavy (non-hydrogen) atoms. The molecule has 6 nitrogen and oxygen atoms in total. The second-order valence-electron chi connectivity index (χ2n) is 3.31. The summed E-state index contributed by atoms with van der Waals surface area (Å²) in [6.07, 6.45) is 0. The Labute approximate surface area is 161 Å². The molecule has 0 radical (unpaired) electrons. The van der Waals surface area contributed by atoms with E-state index in [4.69, 9.17) is 0 Å². The predicted octanol–water partition coefficient (Wildman–Crippen LogP) is -5.57. The number of carboxylic acid groups (broad SMARTS) is 2. The number of hydrogen-bond acceptors (Lipinski definition) is 6. The van der Waals surface area contributed by atoms with E-state index >= 15 is 0 Å². The van der Waals surface area contributed by atoms with Gasteiger partial charge in [0.2, 0.25) is 0 Å². The smallest absolute Gasteiger partial charge is 1.00 e. The third kappa shape index (κ3) is 13.9. The number of carbonyl (C=O) groups excluding carboxylic acids is 2. The molecule has 0 atom stereocenters. The first-order chi connectivity index (χ1) is 8.61. The van der Waals surface area contributed by atoms with Gasteiger partial charge in [-0.1, -0.05) is 60.7 Å². The third-order valence-electron chi connectivity index (χ3n) is 2.02. The molecular weight excluding hydrogens is 526 g/mol. The number of aromatic carboxylic acids is 2. The van der Waals surface area contributed by atoms with Crippen LogP contribution >= 0.6 is 0 Å². The first kappa shape index (κ1) is 33.2. The van der Waals surface area contributed by atoms with Crippen LogP contribution in [-0.2, 0) is 21.1 Å². The van der Waals surface area contributed by atoms with Gasteiger partial charge in [-0.05, 0) is 11.1 Å². The SMILES string of the molecule is N.N.O=C([O-])c1ccccc1.O=C([O-])c1ccccc1.[Cl-].[Cl-].[Pt+4]. The molecule has 0 spiro atoms. The Morgan fingerprint density at radius 2 is 0.826 bits per heavy atom. The molecule has 0 saturated heterocycles. The average molecular weight is 542 g/mol. The summed E-state index contributed by atoms with van der Waals surface area (Å²) in [7, 11) is 0. The standard InChI is InChI=1S/2C7H6O2.2ClH.2H3N.Pt/c2*8-7(9)6-4-2-1-3-5-6;;;;;/h2*1-5H,(H,8,9);2*1H;2*1H3;/q;;;;;;+4/p-4. The van der Waals surface area contributed by atoms with E-state index in [-0.39, 0.29) is 69.3 Å². The summed E-state index contributed by atoms with van der Waals surface area (Å²) in [6, 6.07) is 16.1. The zero-order valence-corrected chi connectivity index (χ0v) is 15.7. The Morgan fingerprint density at radius 1 is 0.609 bits per heavy atom. The number of halogens is 2. The Balaban J connectivity index is -0.0000000771. The zero-order valence-electron chi connectivity index (χ0n) is 11.9. The Bertz CT molecular complexity index is 481. The third-order valence-corrected chi connectivity index (χ3v) is 2.02. The van der Waals surface area contributed by atoms with E-state index < -0.39 is 11.9 Å². The second kappa shape index (κ2) is 18.6. The molecule has 0 unspecified atom stereocenters. The predicted molar refractivity (Wildman–Crippen MR) is 71.6 cm³/mol. The Hall–Kier alpha value is -1.43. The number of carbonyl (C=O) groups is 2. The number of carboxylic acids is 2. The van der Waals surface area contributed by atoms with E-state index in [1.165, 1.54) is 24.3 Å². The topological polar surface area (TPSA) is 150 Å². The minimum Gasteiger partial charge on any atom is -1.00 e. The maximum atomic E-state index is 10.1. The molecule has 0 amide bonds. The minimum absolute atomic E-state index is 0. The minimum atomic E-state index is -1.13. The van der Waals surface area contributed by atoms with Crippen LogP contribution in [0.3, 0.4) is 0 Å². The largest absolute Gasteiger partial charge is 4.00 e. The van der Waals surface area contributed by atoms with Gasteiger partial charge in [0.25, 0.3) is 0 Å². The molecule has 0 aliphatic carbocycles. The van der Waals surface area contributed by atoms with Crippen molar-refractivity contribution >= 4 is 11.9 Å². The first-order valence-electron chi connectivity index (χ1n) is 5.14. The van der Waals surface area contributed by atoms with Gasteiger partial charge >= 0.3 is 21.1 Å². The van der Waals surface area contributed by atoms with E-state index in [0.717, 1.165) is 0 Å². The van der Waals surface area contributed by atoms with Crippen LogP contribution in [-0.4, -0.2) is 11.9 Å². The fourth-order valence-electron chi connectivity index (χ4n) is 1.15. The van der Waals surface area contributed by atoms with Crippen LogP contribution in [0.5, 0.6) is 0 Å². The van der Waals surface area contributed by atoms with E-state index in [1.807, 2.05) is 0 Å². The van der Waals surface area contributed by atoms with E-state index in [1.54, 1.807) is 36.4 Å².